The van der Waals surface area contributed by atoms with Gasteiger partial charge >= 0.3 is 30.1 Å². The number of rotatable bonds is 20. The Morgan fingerprint density at radius 1 is 0.621 bits per heavy atom. The van der Waals surface area contributed by atoms with Crippen LogP contribution in [-0.4, -0.2) is 119 Å². The summed E-state index contributed by atoms with van der Waals surface area (Å²) in [6.07, 6.45) is -0.529. The number of esters is 3. The van der Waals surface area contributed by atoms with E-state index in [4.69, 9.17) is 89.6 Å². The normalized spacial score (nSPS) is 14.7. The first-order valence-corrected chi connectivity index (χ1v) is 29.2. The van der Waals surface area contributed by atoms with Crippen LogP contribution < -0.4 is 30.2 Å². The van der Waals surface area contributed by atoms with Crippen LogP contribution in [0.1, 0.15) is 111 Å². The van der Waals surface area contributed by atoms with E-state index in [9.17, 15) is 33.6 Å². The fourth-order valence-corrected chi connectivity index (χ4v) is 10.5. The molecule has 4 aromatic carbocycles. The van der Waals surface area contributed by atoms with E-state index >= 15 is 0 Å². The number of carbonyl (C=O) groups excluding carboxylic acids is 7. The molecule has 4 aromatic rings. The molecule has 21 nitrogen and oxygen atoms in total. The Labute approximate surface area is 528 Å². The molecule has 25 heteroatoms. The van der Waals surface area contributed by atoms with Gasteiger partial charge in [0.1, 0.15) is 48.1 Å². The zero-order valence-corrected chi connectivity index (χ0v) is 53.8. The minimum atomic E-state index is -1.09. The third kappa shape index (κ3) is 18.3. The zero-order chi connectivity index (χ0) is 64.9. The highest BCUT2D eigenvalue weighted by Crippen LogP contribution is 2.41. The molecule has 0 bridgehead atoms. The molecule has 0 radical (unpaired) electrons. The molecule has 0 unspecified atom stereocenters. The molecule has 2 saturated heterocycles. The van der Waals surface area contributed by atoms with Gasteiger partial charge in [0.05, 0.1) is 32.6 Å². The molecule has 0 spiro atoms. The highest BCUT2D eigenvalue weighted by molar-refractivity contribution is 7.81. The number of aryl methyl sites for hydroxylation is 2. The van der Waals surface area contributed by atoms with Crippen LogP contribution in [0.25, 0.3) is 9.69 Å². The molecule has 2 fully saturated rings. The van der Waals surface area contributed by atoms with Crippen molar-refractivity contribution in [2.24, 2.45) is 0 Å². The molecular formula is C62H72Cl2N8O13S2. The summed E-state index contributed by atoms with van der Waals surface area (Å²) < 4.78 is 26.1. The molecule has 3 N–H and O–H groups in total. The number of hydrogen-bond donors (Lipinski definition) is 3. The molecule has 2 aliphatic heterocycles. The fraction of sp³-hybridized carbons (Fsp3) is 0.435. The van der Waals surface area contributed by atoms with Crippen molar-refractivity contribution in [1.82, 2.24) is 10.6 Å². The van der Waals surface area contributed by atoms with Gasteiger partial charge in [-0.25, -0.2) is 24.1 Å². The van der Waals surface area contributed by atoms with E-state index in [1.807, 2.05) is 6.92 Å². The number of nitrogens with one attached hydrogen (secondary N) is 2. The van der Waals surface area contributed by atoms with E-state index < -0.39 is 58.4 Å². The van der Waals surface area contributed by atoms with Crippen molar-refractivity contribution in [1.29, 1.82) is 0 Å². The van der Waals surface area contributed by atoms with Gasteiger partial charge in [0.25, 0.3) is 11.8 Å². The summed E-state index contributed by atoms with van der Waals surface area (Å²) in [5, 5.41) is 15.2. The van der Waals surface area contributed by atoms with Crippen molar-refractivity contribution in [3.63, 3.8) is 0 Å². The van der Waals surface area contributed by atoms with E-state index in [-0.39, 0.29) is 67.7 Å². The Kier molecular flexibility index (Phi) is 23.8. The van der Waals surface area contributed by atoms with Crippen molar-refractivity contribution in [2.75, 3.05) is 52.6 Å². The number of carbonyl (C=O) groups is 7. The number of anilines is 4. The van der Waals surface area contributed by atoms with E-state index in [0.717, 1.165) is 5.56 Å². The number of alkyl carbamates (subject to hydrolysis) is 2. The summed E-state index contributed by atoms with van der Waals surface area (Å²) in [7, 11) is 0. The van der Waals surface area contributed by atoms with Gasteiger partial charge < -0.3 is 49.2 Å². The van der Waals surface area contributed by atoms with Gasteiger partial charge in [-0.15, -0.1) is 0 Å². The first-order chi connectivity index (χ1) is 40.6. The first-order valence-electron chi connectivity index (χ1n) is 27.6. The summed E-state index contributed by atoms with van der Waals surface area (Å²) in [5.41, 5.74) is 2.13. The summed E-state index contributed by atoms with van der Waals surface area (Å²) in [5.74, 6) is -2.39. The van der Waals surface area contributed by atoms with Gasteiger partial charge in [0.15, 0.2) is 21.6 Å². The van der Waals surface area contributed by atoms with Crippen LogP contribution in [0.5, 0.6) is 0 Å². The van der Waals surface area contributed by atoms with Crippen LogP contribution >= 0.6 is 47.6 Å². The number of thiocarbonyl (C=S) groups is 2. The summed E-state index contributed by atoms with van der Waals surface area (Å²) in [4.78, 5) is 103. The third-order valence-corrected chi connectivity index (χ3v) is 14.7. The van der Waals surface area contributed by atoms with Gasteiger partial charge in [0, 0.05) is 39.3 Å². The minimum absolute atomic E-state index is 0.0807. The monoisotopic (exact) mass is 1270 g/mol. The number of unbranched alkanes of at least 4 members (excludes halogenated alkanes) is 1. The Hall–Kier alpha value is -7.93. The van der Waals surface area contributed by atoms with Crippen LogP contribution in [-0.2, 0) is 60.5 Å². The molecule has 464 valence electrons. The molecule has 1 atom stereocenters. The average molecular weight is 1270 g/mol. The van der Waals surface area contributed by atoms with Crippen LogP contribution in [0.3, 0.4) is 0 Å². The fourth-order valence-electron chi connectivity index (χ4n) is 9.04. The van der Waals surface area contributed by atoms with Crippen LogP contribution in [0.4, 0.5) is 43.7 Å². The molecule has 0 saturated carbocycles. The van der Waals surface area contributed by atoms with E-state index in [2.05, 4.69) is 20.3 Å². The largest absolute Gasteiger partial charge is 0.463 e. The molecular weight excluding hydrogens is 1200 g/mol. The molecule has 0 aliphatic carbocycles. The zero-order valence-electron chi connectivity index (χ0n) is 50.7. The van der Waals surface area contributed by atoms with Gasteiger partial charge in [-0.05, 0) is 210 Å². The Morgan fingerprint density at radius 2 is 1.03 bits per heavy atom. The van der Waals surface area contributed by atoms with Crippen LogP contribution in [0, 0.1) is 27.0 Å². The molecule has 4 amide bonds. The molecule has 6 rings (SSSR count). The second kappa shape index (κ2) is 29.6. The first kappa shape index (κ1) is 69.8. The molecule has 0 aromatic heterocycles. The second-order valence-electron chi connectivity index (χ2n) is 23.2. The lowest BCUT2D eigenvalue weighted by Gasteiger charge is -2.30. The summed E-state index contributed by atoms with van der Waals surface area (Å²) in [6.45, 7) is 34.9. The predicted molar refractivity (Wildman–Crippen MR) is 340 cm³/mol. The lowest BCUT2D eigenvalue weighted by atomic mass is 10.0. The Bertz CT molecular complexity index is 3400. The number of aliphatic hydroxyl groups is 1. The van der Waals surface area contributed by atoms with Gasteiger partial charge in [-0.3, -0.25) is 29.0 Å². The second-order valence-corrected chi connectivity index (χ2v) is 24.7. The highest BCUT2D eigenvalue weighted by atomic mass is 35.5. The van der Waals surface area contributed by atoms with Gasteiger partial charge in [-0.1, -0.05) is 35.3 Å². The number of ether oxygens (including phenoxy) is 5. The third-order valence-electron chi connectivity index (χ3n) is 13.2. The van der Waals surface area contributed by atoms with Crippen LogP contribution in [0.15, 0.2) is 72.8 Å². The molecule has 87 heavy (non-hydrogen) atoms. The predicted octanol–water partition coefficient (Wildman–Crippen LogP) is 11.5. The topological polar surface area (TPSA) is 232 Å². The average Bonchev–Trinajstić information content (AvgIpc) is 1.68. The van der Waals surface area contributed by atoms with Crippen molar-refractivity contribution in [2.45, 2.75) is 144 Å². The Morgan fingerprint density at radius 3 is 1.45 bits per heavy atom. The number of nitrogens with zero attached hydrogens (tertiary/aromatic N) is 6. The van der Waals surface area contributed by atoms with E-state index in [0.29, 0.717) is 80.2 Å². The van der Waals surface area contributed by atoms with E-state index in [1.165, 1.54) is 9.80 Å². The van der Waals surface area contributed by atoms with Crippen molar-refractivity contribution >= 4 is 134 Å². The van der Waals surface area contributed by atoms with Gasteiger partial charge in [0.2, 0.25) is 0 Å². The highest BCUT2D eigenvalue weighted by Gasteiger charge is 2.52. The molecule has 2 heterocycles. The smallest absolute Gasteiger partial charge is 0.408 e. The summed E-state index contributed by atoms with van der Waals surface area (Å²) >= 11 is 24.2. The number of halogens is 2. The number of hydrogen-bond acceptors (Lipinski definition) is 15. The van der Waals surface area contributed by atoms with E-state index in [1.54, 1.807) is 159 Å². The molecule has 2 aliphatic rings. The van der Waals surface area contributed by atoms with Crippen molar-refractivity contribution in [3.8, 4) is 0 Å². The van der Waals surface area contributed by atoms with Gasteiger partial charge in [-0.2, -0.15) is 0 Å². The lowest BCUT2D eigenvalue weighted by Crippen LogP contribution is -2.44. The van der Waals surface area contributed by atoms with Crippen LogP contribution in [0.2, 0.25) is 10.0 Å². The maximum atomic E-state index is 13.7. The minimum Gasteiger partial charge on any atom is -0.463 e. The maximum absolute atomic E-state index is 13.7. The Balaban J connectivity index is 0.000000364. The number of aliphatic hydroxyl groups excluding tert-OH is 1. The standard InChI is InChI=1S/C39H50ClN5O9S.C23H22ClN3O4S/c1-24-21-26(15-17-29(24)41-10)44-33(48)39(8,9)45(36(44)55)27-14-16-28(40)25(22-27)23-31(46)51-19-20-52-32(47)30(43-35(50)54-38(5,6)7)13-11-12-18-42-34(49)53-37(2,3)4;1-14-11-16(6-8-19(14)25-4)26-21(30)23(2,3)27(22(26)32)17-5-7-18(24)15(12-17)13-20(29)31-10-9-28/h14-17,21-22,30H,11-13,18-20,23H2,1-9H3,(H,42,49)(H,43,50);5-8,11-12,28H,9-10,13H2,1-3H3/t30-;/m0./s1. The quantitative estimate of drug-likeness (QED) is 0.0245. The van der Waals surface area contributed by atoms with Crippen molar-refractivity contribution in [3.05, 3.63) is 128 Å². The SMILES string of the molecule is [C-]#[N+]c1ccc(N2C(=O)C(C)(C)N(c3ccc(Cl)c(CC(=O)OCCO)c3)C2=S)cc1C.[C-]#[N+]c1ccc(N2C(=O)C(C)(C)N(c3ccc(Cl)c(CC(=O)OCCOC(=O)[C@H](CCCCNC(=O)OC(C)(C)C)NC(=O)OC(C)(C)C)c3)C2=S)cc1C. The summed E-state index contributed by atoms with van der Waals surface area (Å²) in [6, 6.07) is 19.2. The number of benzene rings is 4. The lowest BCUT2D eigenvalue weighted by molar-refractivity contribution is -0.153. The number of amides is 4. The van der Waals surface area contributed by atoms with Crippen molar-refractivity contribution < 1.29 is 62.4 Å². The maximum Gasteiger partial charge on any atom is 0.408 e.